The Morgan fingerprint density at radius 3 is 2.36 bits per heavy atom. The molecule has 1 atom stereocenters. The summed E-state index contributed by atoms with van der Waals surface area (Å²) in [6.07, 6.45) is 0.226. The van der Waals surface area contributed by atoms with E-state index in [1.807, 2.05) is 25.7 Å². The average molecular weight is 459 g/mol. The summed E-state index contributed by atoms with van der Waals surface area (Å²) >= 11 is 0. The Bertz CT molecular complexity index is 1040. The fourth-order valence-electron chi connectivity index (χ4n) is 4.11. The van der Waals surface area contributed by atoms with Gasteiger partial charge in [0.05, 0.1) is 17.4 Å². The van der Waals surface area contributed by atoms with Crippen molar-refractivity contribution in [3.63, 3.8) is 0 Å². The van der Waals surface area contributed by atoms with Gasteiger partial charge in [0.1, 0.15) is 17.2 Å². The van der Waals surface area contributed by atoms with E-state index in [2.05, 4.69) is 5.32 Å². The minimum Gasteiger partial charge on any atom is -0.444 e. The maximum absolute atomic E-state index is 14.1. The predicted octanol–water partition coefficient (Wildman–Crippen LogP) is 4.64. The van der Waals surface area contributed by atoms with Gasteiger partial charge in [-0.05, 0) is 69.7 Å². The maximum atomic E-state index is 14.1. The van der Waals surface area contributed by atoms with E-state index in [1.54, 1.807) is 28.0 Å². The quantitative estimate of drug-likeness (QED) is 0.712. The van der Waals surface area contributed by atoms with Crippen LogP contribution >= 0.6 is 0 Å². The van der Waals surface area contributed by atoms with Crippen molar-refractivity contribution in [1.29, 1.82) is 0 Å². The number of anilines is 3. The first kappa shape index (κ1) is 22.8. The lowest BCUT2D eigenvalue weighted by Gasteiger charge is -2.38. The first-order chi connectivity index (χ1) is 15.6. The second kappa shape index (κ2) is 8.88. The largest absolute Gasteiger partial charge is 0.444 e. The number of ether oxygens (including phenoxy) is 1. The number of hydrogen-bond donors (Lipinski definition) is 1. The number of benzene rings is 2. The van der Waals surface area contributed by atoms with Crippen molar-refractivity contribution >= 4 is 29.2 Å². The highest BCUT2D eigenvalue weighted by Gasteiger charge is 2.33. The van der Waals surface area contributed by atoms with Crippen LogP contribution < -0.4 is 15.1 Å². The fraction of sp³-hybridized carbons (Fsp3) is 0.417. The second-order valence-corrected chi connectivity index (χ2v) is 9.27. The third kappa shape index (κ3) is 5.18. The number of fused-ring (bicyclic) bond motifs is 1. The number of carbonyl (C=O) groups is 2. The number of urea groups is 1. The Labute approximate surface area is 191 Å². The van der Waals surface area contributed by atoms with Crippen LogP contribution in [0.15, 0.2) is 42.5 Å². The van der Waals surface area contributed by atoms with Crippen LogP contribution in [0.1, 0.15) is 27.2 Å². The molecule has 2 aliphatic heterocycles. The molecule has 33 heavy (non-hydrogen) atoms. The number of nitrogens with one attached hydrogen (secondary N) is 1. The normalized spacial score (nSPS) is 18.2. The number of amides is 3. The minimum atomic E-state index is -0.582. The molecule has 0 aromatic heterocycles. The van der Waals surface area contributed by atoms with Gasteiger partial charge in [0, 0.05) is 31.9 Å². The number of carbonyl (C=O) groups excluding carboxylic acids is 2. The number of likely N-dealkylation sites (tertiary alicyclic amines) is 1. The highest BCUT2D eigenvalue weighted by Crippen LogP contribution is 2.38. The van der Waals surface area contributed by atoms with Gasteiger partial charge in [-0.1, -0.05) is 0 Å². The summed E-state index contributed by atoms with van der Waals surface area (Å²) in [5, 5.41) is 2.99. The van der Waals surface area contributed by atoms with Crippen molar-refractivity contribution in [2.24, 2.45) is 0 Å². The zero-order chi connectivity index (χ0) is 23.8. The zero-order valence-corrected chi connectivity index (χ0v) is 19.0. The first-order valence-electron chi connectivity index (χ1n) is 11.0. The van der Waals surface area contributed by atoms with Gasteiger partial charge in [-0.15, -0.1) is 0 Å². The van der Waals surface area contributed by atoms with E-state index in [1.165, 1.54) is 24.3 Å². The van der Waals surface area contributed by atoms with Gasteiger partial charge in [0.2, 0.25) is 0 Å². The molecule has 0 aliphatic carbocycles. The lowest BCUT2D eigenvalue weighted by Crippen LogP contribution is -2.50. The summed E-state index contributed by atoms with van der Waals surface area (Å²) in [6.45, 7) is 7.09. The van der Waals surface area contributed by atoms with E-state index in [4.69, 9.17) is 4.74 Å². The lowest BCUT2D eigenvalue weighted by atomic mass is 10.1. The summed E-state index contributed by atoms with van der Waals surface area (Å²) in [6, 6.07) is 9.70. The maximum Gasteiger partial charge on any atom is 0.410 e. The molecule has 1 saturated heterocycles. The summed E-state index contributed by atoms with van der Waals surface area (Å²) in [7, 11) is 0. The van der Waals surface area contributed by atoms with Crippen LogP contribution in [-0.4, -0.2) is 54.8 Å². The van der Waals surface area contributed by atoms with E-state index in [-0.39, 0.29) is 17.9 Å². The highest BCUT2D eigenvalue weighted by molar-refractivity contribution is 5.98. The smallest absolute Gasteiger partial charge is 0.410 e. The molecule has 1 fully saturated rings. The number of nitrogens with zero attached hydrogens (tertiary/aromatic N) is 3. The van der Waals surface area contributed by atoms with Crippen LogP contribution in [0.4, 0.5) is 35.4 Å². The molecule has 0 radical (unpaired) electrons. The number of rotatable bonds is 2. The van der Waals surface area contributed by atoms with Crippen LogP contribution in [0.2, 0.25) is 0 Å². The summed E-state index contributed by atoms with van der Waals surface area (Å²) < 4.78 is 32.9. The van der Waals surface area contributed by atoms with E-state index in [0.717, 1.165) is 0 Å². The van der Waals surface area contributed by atoms with Gasteiger partial charge < -0.3 is 19.9 Å². The van der Waals surface area contributed by atoms with Crippen LogP contribution in [0.25, 0.3) is 0 Å². The molecule has 3 amide bonds. The molecule has 176 valence electrons. The van der Waals surface area contributed by atoms with Gasteiger partial charge in [-0.2, -0.15) is 0 Å². The topological polar surface area (TPSA) is 65.1 Å². The molecule has 2 aromatic rings. The number of hydrogen-bond acceptors (Lipinski definition) is 4. The summed E-state index contributed by atoms with van der Waals surface area (Å²) in [5.41, 5.74) is 1.23. The SMILES string of the molecule is CC(C)(C)OC(=O)N1CC[C@H](NC(=O)N2CCN(c3ccc(F)cc3)c3cc(F)ccc32)C1. The van der Waals surface area contributed by atoms with E-state index in [9.17, 15) is 18.4 Å². The molecular formula is C24H28F2N4O3. The van der Waals surface area contributed by atoms with Gasteiger partial charge in [-0.25, -0.2) is 18.4 Å². The van der Waals surface area contributed by atoms with Crippen molar-refractivity contribution < 1.29 is 23.1 Å². The molecule has 9 heteroatoms. The van der Waals surface area contributed by atoms with Gasteiger partial charge in [0.15, 0.2) is 0 Å². The zero-order valence-electron chi connectivity index (χ0n) is 19.0. The third-order valence-corrected chi connectivity index (χ3v) is 5.62. The molecule has 2 aliphatic rings. The first-order valence-corrected chi connectivity index (χ1v) is 11.0. The molecule has 1 N–H and O–H groups in total. The van der Waals surface area contributed by atoms with Gasteiger partial charge in [-0.3, -0.25) is 4.90 Å². The Balaban J connectivity index is 1.47. The predicted molar refractivity (Wildman–Crippen MR) is 122 cm³/mol. The Kier molecular flexibility index (Phi) is 6.14. The minimum absolute atomic E-state index is 0.205. The van der Waals surface area contributed by atoms with Crippen molar-refractivity contribution in [1.82, 2.24) is 10.2 Å². The molecule has 0 bridgehead atoms. The summed E-state index contributed by atoms with van der Waals surface area (Å²) in [5.74, 6) is -0.778. The van der Waals surface area contributed by atoms with Crippen molar-refractivity contribution in [2.75, 3.05) is 36.0 Å². The van der Waals surface area contributed by atoms with Crippen molar-refractivity contribution in [3.05, 3.63) is 54.1 Å². The average Bonchev–Trinajstić information content (AvgIpc) is 3.21. The molecular weight excluding hydrogens is 430 g/mol. The molecule has 0 spiro atoms. The van der Waals surface area contributed by atoms with Crippen molar-refractivity contribution in [2.45, 2.75) is 38.8 Å². The van der Waals surface area contributed by atoms with E-state index in [0.29, 0.717) is 49.7 Å². The standard InChI is InChI=1S/C24H28F2N4O3/c1-24(2,3)33-23(32)28-11-10-18(15-28)27-22(31)30-13-12-29(19-7-4-16(25)5-8-19)21-14-17(26)6-9-20(21)30/h4-9,14,18H,10-13,15H2,1-3H3,(H,27,31)/t18-/m0/s1. The second-order valence-electron chi connectivity index (χ2n) is 9.27. The highest BCUT2D eigenvalue weighted by atomic mass is 19.1. The van der Waals surface area contributed by atoms with Crippen LogP contribution in [0.5, 0.6) is 0 Å². The molecule has 0 unspecified atom stereocenters. The molecule has 0 saturated carbocycles. The molecule has 7 nitrogen and oxygen atoms in total. The fourth-order valence-corrected chi connectivity index (χ4v) is 4.11. The molecule has 2 aromatic carbocycles. The lowest BCUT2D eigenvalue weighted by molar-refractivity contribution is 0.0291. The van der Waals surface area contributed by atoms with E-state index < -0.39 is 17.5 Å². The van der Waals surface area contributed by atoms with E-state index >= 15 is 0 Å². The molecule has 2 heterocycles. The van der Waals surface area contributed by atoms with Crippen LogP contribution in [-0.2, 0) is 4.74 Å². The Morgan fingerprint density at radius 1 is 0.970 bits per heavy atom. The van der Waals surface area contributed by atoms with Gasteiger partial charge >= 0.3 is 12.1 Å². The Hall–Kier alpha value is -3.36. The third-order valence-electron chi connectivity index (χ3n) is 5.62. The summed E-state index contributed by atoms with van der Waals surface area (Å²) in [4.78, 5) is 30.4. The Morgan fingerprint density at radius 2 is 1.67 bits per heavy atom. The van der Waals surface area contributed by atoms with Crippen molar-refractivity contribution in [3.8, 4) is 0 Å². The van der Waals surface area contributed by atoms with Crippen LogP contribution in [0.3, 0.4) is 0 Å². The van der Waals surface area contributed by atoms with Gasteiger partial charge in [0.25, 0.3) is 0 Å². The molecule has 4 rings (SSSR count). The van der Waals surface area contributed by atoms with Crippen LogP contribution in [0, 0.1) is 11.6 Å². The monoisotopic (exact) mass is 458 g/mol. The number of halogens is 2.